The number of aromatic carboxylic acids is 2. The molecule has 27 nitrogen and oxygen atoms in total. The fourth-order valence-electron chi connectivity index (χ4n) is 17.7. The molecule has 4 fully saturated rings. The predicted octanol–water partition coefficient (Wildman–Crippen LogP) is 10.4. The van der Waals surface area contributed by atoms with E-state index in [1.165, 1.54) is 30.0 Å². The van der Waals surface area contributed by atoms with Crippen molar-refractivity contribution in [3.8, 4) is 0 Å². The van der Waals surface area contributed by atoms with Crippen LogP contribution in [0.2, 0.25) is 0 Å². The van der Waals surface area contributed by atoms with Crippen molar-refractivity contribution in [2.75, 3.05) is 148 Å². The van der Waals surface area contributed by atoms with Gasteiger partial charge in [0.05, 0.1) is 22.1 Å². The minimum absolute atomic E-state index is 0. The first-order valence-corrected chi connectivity index (χ1v) is 50.6. The number of piperazine rings is 4. The standard InChI is InChI=1S/C28H29N3O2.C23H18BrNO2.C21H24N4O.C21H23N3O2.C9H6BrNO2.C7H7Br.C5H12N2.CH2O3.2Cs.Na.H2O.H/c1-29-15-17-30(18-16-29)25-13-8-14-26-24(25)19-27(31(26)20-22-9-4-2-5-10-22)28(32)33-21-23-11-6-3-7-12-23;24-20-12-7-13-21-19(20)14-22(25(21)15-17-8-3-1-4-9-17)23(26)27-16-18-10-5-2-6-11-18;1-23-10-12-24(13-11-23)18-8-5-9-19-17(18)14-20(21(22)26)25(19)15-16-6-3-2-4-7-16;1-22-10-12-23(13-11-22)18-8-5-9-19-17(18)14-20(21(25)26)24(19)15-16-6-3-2-4-7-16;10-6-2-1-3-7-5(6)4-8(11-7)9(12)13;8-6-7-4-2-1-3-5-7;1-7-4-2-6-3-5-7;2-1-4-3;;;;;/h2-14,19H,15-18,20-21H2,1H3;1-14H,15-16H2;2-9,14H,10-13,15H2,1H3,(H2,22,26);2-9,14H,10-13,15H2,1H3,(H,25,26);1-4,11H,(H,12,13);1-5H,6H2;6H,2-5H2,1H3;1,3H;;;;1H2;/q;;;;;;;;3*+1;;-1/p-2. The fourth-order valence-corrected chi connectivity index (χ4v) is 19.0. The van der Waals surface area contributed by atoms with Gasteiger partial charge < -0.3 is 105 Å². The summed E-state index contributed by atoms with van der Waals surface area (Å²) in [6, 6.07) is 110. The molecule has 0 spiro atoms. The summed E-state index contributed by atoms with van der Waals surface area (Å²) in [6.45, 7) is 19.6. The van der Waals surface area contributed by atoms with Crippen molar-refractivity contribution in [1.29, 1.82) is 0 Å². The Morgan fingerprint density at radius 2 is 0.649 bits per heavy atom. The topological polar surface area (TPSA) is 320 Å². The number of carboxylic acid groups (broad SMARTS) is 2. The number of aromatic amines is 1. The summed E-state index contributed by atoms with van der Waals surface area (Å²) in [5, 5.41) is 36.2. The van der Waals surface area contributed by atoms with Crippen molar-refractivity contribution in [1.82, 2.24) is 48.2 Å². The maximum atomic E-state index is 13.3. The van der Waals surface area contributed by atoms with E-state index < -0.39 is 11.9 Å². The first kappa shape index (κ1) is 121. The molecule has 0 bridgehead atoms. The van der Waals surface area contributed by atoms with Crippen molar-refractivity contribution in [3.05, 3.63) is 410 Å². The summed E-state index contributed by atoms with van der Waals surface area (Å²) in [6.07, 6.45) is 0. The van der Waals surface area contributed by atoms with Crippen LogP contribution in [0.25, 0.3) is 54.5 Å². The van der Waals surface area contributed by atoms with Gasteiger partial charge in [-0.3, -0.25) is 9.59 Å². The molecule has 754 valence electrons. The summed E-state index contributed by atoms with van der Waals surface area (Å²) in [7, 11) is 8.60. The van der Waals surface area contributed by atoms with E-state index >= 15 is 0 Å². The van der Waals surface area contributed by atoms with Crippen LogP contribution in [0.5, 0.6) is 0 Å². The van der Waals surface area contributed by atoms with Crippen molar-refractivity contribution in [2.45, 2.75) is 44.7 Å². The molecule has 4 aliphatic heterocycles. The second kappa shape index (κ2) is 62.1. The second-order valence-electron chi connectivity index (χ2n) is 35.4. The van der Waals surface area contributed by atoms with Gasteiger partial charge >= 0.3 is 191 Å². The molecule has 148 heavy (non-hydrogen) atoms. The van der Waals surface area contributed by atoms with Crippen LogP contribution in [0.15, 0.2) is 343 Å². The maximum Gasteiger partial charge on any atom is 1.00 e. The van der Waals surface area contributed by atoms with Gasteiger partial charge in [-0.25, -0.2) is 19.2 Å². The number of nitrogens with one attached hydrogen (secondary N) is 2. The first-order valence-electron chi connectivity index (χ1n) is 47.9. The maximum absolute atomic E-state index is 13.3. The zero-order chi connectivity index (χ0) is 101. The molecule has 0 aliphatic carbocycles. The Kier molecular flexibility index (Phi) is 50.6. The van der Waals surface area contributed by atoms with E-state index in [1.807, 2.05) is 250 Å². The number of benzene rings is 12. The molecule has 0 radical (unpaired) electrons. The van der Waals surface area contributed by atoms with Crippen LogP contribution in [0.3, 0.4) is 0 Å². The average molecular weight is 2440 g/mol. The van der Waals surface area contributed by atoms with Crippen LogP contribution < -0.4 is 198 Å². The molecule has 12 aromatic carbocycles. The van der Waals surface area contributed by atoms with E-state index in [0.29, 0.717) is 49.0 Å². The minimum Gasteiger partial charge on any atom is -1.00 e. The monoisotopic (exact) mass is 2430 g/mol. The fraction of sp³-hybridized carbons (Fsp3) is 0.235. The summed E-state index contributed by atoms with van der Waals surface area (Å²) < 4.78 is 21.2. The number of amides is 1. The van der Waals surface area contributed by atoms with E-state index in [1.54, 1.807) is 6.07 Å². The third kappa shape index (κ3) is 34.2. The molecule has 4 aliphatic rings. The van der Waals surface area contributed by atoms with Gasteiger partial charge in [0, 0.05) is 195 Å². The number of fused-ring (bicyclic) bond motifs is 5. The number of hydrogen-bond acceptors (Lipinski definition) is 19. The van der Waals surface area contributed by atoms with Gasteiger partial charge in [-0.15, -0.1) is 0 Å². The zero-order valence-electron chi connectivity index (χ0n) is 85.6. The summed E-state index contributed by atoms with van der Waals surface area (Å²) in [5.74, 6) is -2.83. The first-order chi connectivity index (χ1) is 70.1. The number of aromatic nitrogens is 5. The third-order valence-electron chi connectivity index (χ3n) is 25.5. The number of ether oxygens (including phenoxy) is 2. The number of carboxylic acids is 2. The van der Waals surface area contributed by atoms with Crippen LogP contribution >= 0.6 is 47.8 Å². The van der Waals surface area contributed by atoms with E-state index in [2.05, 4.69) is 221 Å². The van der Waals surface area contributed by atoms with Crippen LogP contribution in [0.1, 0.15) is 92.8 Å². The molecule has 1 amide bonds. The predicted molar refractivity (Wildman–Crippen MR) is 586 cm³/mol. The number of carbonyl (C=O) groups is 6. The van der Waals surface area contributed by atoms with Gasteiger partial charge in [0.25, 0.3) is 12.4 Å². The number of nitrogens with two attached hydrogens (primary N) is 1. The Hall–Kier alpha value is -9.18. The van der Waals surface area contributed by atoms with Gasteiger partial charge in [0.15, 0.2) is 0 Å². The van der Waals surface area contributed by atoms with E-state index in [4.69, 9.17) is 30.4 Å². The van der Waals surface area contributed by atoms with Crippen molar-refractivity contribution in [2.24, 2.45) is 5.73 Å². The molecule has 9 heterocycles. The third-order valence-corrected chi connectivity index (χ3v) is 27.5. The summed E-state index contributed by atoms with van der Waals surface area (Å²) >= 11 is 10.3. The van der Waals surface area contributed by atoms with Crippen LogP contribution in [-0.2, 0) is 63.9 Å². The SMILES string of the molecule is BrCc1ccccc1.CN1CCN(c2cccc3c2cc(C(=O)O)n3Cc2ccccc2)CC1.CN1CCN(c2cccc3c2cc(C(=O)OCc2ccccc2)n3Cc2ccccc2)CC1.CN1CCN(c2cccc3c2cc(C(N)=O)n3Cc2ccccc2)CC1.CN1CCNCC1.O=C(O)c1cc2c(Br)cccc2[nH]1.O=C(OCc1ccccc1)c1cc2c(Br)cccc2n1Cc1ccccc1.O=CO[O-].[Cs+].[Cs+].[H-].[Na+].[OH-]. The van der Waals surface area contributed by atoms with Crippen molar-refractivity contribution >= 4 is 156 Å². The van der Waals surface area contributed by atoms with Crippen LogP contribution in [0, 0.1) is 0 Å². The number of primary amides is 1. The molecule has 21 rings (SSSR count). The molecular formula is C115H122Br3Cs2N14NaO13. The molecule has 0 unspecified atom stereocenters. The summed E-state index contributed by atoms with van der Waals surface area (Å²) in [5.41, 5.74) is 24.2. The Morgan fingerprint density at radius 3 is 0.953 bits per heavy atom. The van der Waals surface area contributed by atoms with Crippen LogP contribution in [-0.4, -0.2) is 228 Å². The quantitative estimate of drug-likeness (QED) is 0.0105. The number of nitrogens with zero attached hydrogens (tertiary/aromatic N) is 11. The largest absolute Gasteiger partial charge is 1.00 e. The Balaban J connectivity index is 0.000000199. The van der Waals surface area contributed by atoms with Gasteiger partial charge in [-0.2, -0.15) is 0 Å². The molecule has 33 heteroatoms. The second-order valence-corrected chi connectivity index (χ2v) is 37.7. The number of hydrogen-bond donors (Lipinski definition) is 5. The van der Waals surface area contributed by atoms with Gasteiger partial charge in [0.2, 0.25) is 0 Å². The molecular weight excluding hydrogens is 2310 g/mol. The molecule has 17 aromatic rings. The van der Waals surface area contributed by atoms with Gasteiger partial charge in [0.1, 0.15) is 41.7 Å². The number of alkyl halides is 1. The number of carbonyl (C=O) groups excluding carboxylic acids is 4. The number of halogens is 3. The summed E-state index contributed by atoms with van der Waals surface area (Å²) in [4.78, 5) is 91.3. The zero-order valence-corrected chi connectivity index (χ0v) is 104. The number of anilines is 3. The van der Waals surface area contributed by atoms with Crippen molar-refractivity contribution < 1.29 is 233 Å². The van der Waals surface area contributed by atoms with Crippen LogP contribution in [0.4, 0.5) is 17.1 Å². The average Bonchev–Trinajstić information content (AvgIpc) is 1.68. The molecule has 0 atom stereocenters. The molecule has 0 saturated carbocycles. The van der Waals surface area contributed by atoms with E-state index in [9.17, 15) is 29.1 Å². The number of likely N-dealkylation sites (N-methyl/N-ethyl adjacent to an activating group) is 4. The molecule has 4 saturated heterocycles. The molecule has 7 N–H and O–H groups in total. The van der Waals surface area contributed by atoms with Gasteiger partial charge in [-0.05, 0) is 158 Å². The smallest absolute Gasteiger partial charge is 1.00 e. The number of rotatable bonds is 22. The number of H-pyrrole nitrogens is 1. The van der Waals surface area contributed by atoms with E-state index in [0.717, 1.165) is 199 Å². The normalized spacial score (nSPS) is 13.4. The minimum atomic E-state index is -0.942. The van der Waals surface area contributed by atoms with Gasteiger partial charge in [-0.1, -0.05) is 290 Å². The van der Waals surface area contributed by atoms with Crippen molar-refractivity contribution in [3.63, 3.8) is 0 Å². The number of esters is 2. The Bertz CT molecular complexity index is 6910. The molecule has 5 aromatic heterocycles. The Morgan fingerprint density at radius 1 is 0.365 bits per heavy atom. The van der Waals surface area contributed by atoms with E-state index in [-0.39, 0.29) is 217 Å². The Labute approximate surface area is 1030 Å².